The highest BCUT2D eigenvalue weighted by atomic mass is 16.5. The van der Waals surface area contributed by atoms with E-state index in [4.69, 9.17) is 9.47 Å². The molecular weight excluding hydrogens is 230 g/mol. The van der Waals surface area contributed by atoms with Crippen molar-refractivity contribution in [3.05, 3.63) is 42.2 Å². The summed E-state index contributed by atoms with van der Waals surface area (Å²) < 4.78 is 10.7. The van der Waals surface area contributed by atoms with Gasteiger partial charge in [-0.1, -0.05) is 12.1 Å². The van der Waals surface area contributed by atoms with Crippen LogP contribution >= 0.6 is 0 Å². The number of benzene rings is 1. The zero-order valence-corrected chi connectivity index (χ0v) is 10.4. The van der Waals surface area contributed by atoms with Gasteiger partial charge in [0, 0.05) is 13.1 Å². The Hall–Kier alpha value is -2.30. The van der Waals surface area contributed by atoms with Crippen LogP contribution in [0.3, 0.4) is 0 Å². The van der Waals surface area contributed by atoms with Gasteiger partial charge >= 0.3 is 0 Å². The lowest BCUT2D eigenvalue weighted by molar-refractivity contribution is 0.292. The minimum atomic E-state index is 0.442. The third-order valence-corrected chi connectivity index (χ3v) is 2.42. The molecular formula is C13H15N3O2. The summed E-state index contributed by atoms with van der Waals surface area (Å²) in [4.78, 5) is 8.06. The second-order valence-electron chi connectivity index (χ2n) is 3.63. The highest BCUT2D eigenvalue weighted by Gasteiger charge is 2.00. The third-order valence-electron chi connectivity index (χ3n) is 2.42. The molecule has 0 unspecified atom stereocenters. The average Bonchev–Trinajstić information content (AvgIpc) is 2.45. The van der Waals surface area contributed by atoms with Crippen LogP contribution in [0.2, 0.25) is 0 Å². The fourth-order valence-electron chi connectivity index (χ4n) is 1.47. The molecule has 94 valence electrons. The van der Waals surface area contributed by atoms with Crippen LogP contribution in [-0.4, -0.2) is 24.1 Å². The zero-order chi connectivity index (χ0) is 12.8. The number of hydrogen-bond acceptors (Lipinski definition) is 5. The van der Waals surface area contributed by atoms with Crippen molar-refractivity contribution in [2.24, 2.45) is 0 Å². The van der Waals surface area contributed by atoms with Crippen molar-refractivity contribution in [1.82, 2.24) is 9.97 Å². The van der Waals surface area contributed by atoms with Crippen LogP contribution in [0.25, 0.3) is 0 Å². The number of nitrogens with one attached hydrogen (secondary N) is 1. The zero-order valence-electron chi connectivity index (χ0n) is 10.4. The molecule has 5 heteroatoms. The van der Waals surface area contributed by atoms with Crippen LogP contribution in [0.4, 0.5) is 5.82 Å². The number of aromatic nitrogens is 2. The summed E-state index contributed by atoms with van der Waals surface area (Å²) in [5, 5.41) is 2.93. The number of hydrogen-bond donors (Lipinski definition) is 1. The summed E-state index contributed by atoms with van der Waals surface area (Å²) in [6.45, 7) is 0.442. The Morgan fingerprint density at radius 3 is 2.89 bits per heavy atom. The summed E-state index contributed by atoms with van der Waals surface area (Å²) in [5.74, 6) is 2.08. The average molecular weight is 245 g/mol. The first-order chi connectivity index (χ1) is 8.81. The maximum Gasteiger partial charge on any atom is 0.218 e. The summed E-state index contributed by atoms with van der Waals surface area (Å²) in [6, 6.07) is 9.48. The molecule has 1 aromatic heterocycles. The van der Waals surface area contributed by atoms with Crippen LogP contribution in [0.1, 0.15) is 5.56 Å². The quantitative estimate of drug-likeness (QED) is 0.874. The molecule has 0 bridgehead atoms. The van der Waals surface area contributed by atoms with E-state index in [1.807, 2.05) is 24.3 Å². The van der Waals surface area contributed by atoms with E-state index >= 15 is 0 Å². The van der Waals surface area contributed by atoms with Gasteiger partial charge in [-0.15, -0.1) is 0 Å². The van der Waals surface area contributed by atoms with Crippen molar-refractivity contribution in [3.63, 3.8) is 0 Å². The third kappa shape index (κ3) is 3.10. The molecule has 0 saturated heterocycles. The van der Waals surface area contributed by atoms with Crippen molar-refractivity contribution in [2.45, 2.75) is 6.61 Å². The largest absolute Gasteiger partial charge is 0.497 e. The Balaban J connectivity index is 2.01. The van der Waals surface area contributed by atoms with Gasteiger partial charge in [-0.05, 0) is 17.7 Å². The SMILES string of the molecule is CNc1cc(OCc2cccc(OC)c2)ncn1. The molecule has 0 atom stereocenters. The van der Waals surface area contributed by atoms with E-state index < -0.39 is 0 Å². The van der Waals surface area contributed by atoms with Crippen molar-refractivity contribution >= 4 is 5.82 Å². The molecule has 5 nitrogen and oxygen atoms in total. The predicted molar refractivity (Wildman–Crippen MR) is 68.9 cm³/mol. The van der Waals surface area contributed by atoms with Gasteiger partial charge in [0.2, 0.25) is 5.88 Å². The molecule has 1 heterocycles. The summed E-state index contributed by atoms with van der Waals surface area (Å²) in [7, 11) is 3.44. The number of anilines is 1. The Bertz CT molecular complexity index is 470. The Morgan fingerprint density at radius 2 is 2.11 bits per heavy atom. The molecule has 18 heavy (non-hydrogen) atoms. The highest BCUT2D eigenvalue weighted by Crippen LogP contribution is 2.16. The minimum Gasteiger partial charge on any atom is -0.497 e. The van der Waals surface area contributed by atoms with E-state index in [0.717, 1.165) is 17.1 Å². The van der Waals surface area contributed by atoms with Gasteiger partial charge in [-0.3, -0.25) is 0 Å². The highest BCUT2D eigenvalue weighted by molar-refractivity contribution is 5.36. The summed E-state index contributed by atoms with van der Waals surface area (Å²) in [5.41, 5.74) is 1.03. The first-order valence-electron chi connectivity index (χ1n) is 5.57. The molecule has 1 aromatic carbocycles. The van der Waals surface area contributed by atoms with Crippen LogP contribution < -0.4 is 14.8 Å². The van der Waals surface area contributed by atoms with Crippen LogP contribution in [0, 0.1) is 0 Å². The fourth-order valence-corrected chi connectivity index (χ4v) is 1.47. The molecule has 2 aromatic rings. The van der Waals surface area contributed by atoms with E-state index in [1.54, 1.807) is 20.2 Å². The van der Waals surface area contributed by atoms with E-state index in [0.29, 0.717) is 12.5 Å². The van der Waals surface area contributed by atoms with Crippen molar-refractivity contribution in [2.75, 3.05) is 19.5 Å². The van der Waals surface area contributed by atoms with Gasteiger partial charge in [0.1, 0.15) is 24.5 Å². The monoisotopic (exact) mass is 245 g/mol. The van der Waals surface area contributed by atoms with Crippen molar-refractivity contribution in [3.8, 4) is 11.6 Å². The maximum absolute atomic E-state index is 5.59. The van der Waals surface area contributed by atoms with E-state index in [2.05, 4.69) is 15.3 Å². The summed E-state index contributed by atoms with van der Waals surface area (Å²) >= 11 is 0. The number of ether oxygens (including phenoxy) is 2. The normalized spacial score (nSPS) is 9.89. The van der Waals surface area contributed by atoms with Crippen LogP contribution in [0.15, 0.2) is 36.7 Å². The molecule has 2 rings (SSSR count). The van der Waals surface area contributed by atoms with E-state index in [1.165, 1.54) is 6.33 Å². The standard InChI is InChI=1S/C13H15N3O2/c1-14-12-7-13(16-9-15-12)18-8-10-4-3-5-11(6-10)17-2/h3-7,9H,8H2,1-2H3,(H,14,15,16). The fraction of sp³-hybridized carbons (Fsp3) is 0.231. The van der Waals surface area contributed by atoms with Gasteiger partial charge in [0.15, 0.2) is 0 Å². The van der Waals surface area contributed by atoms with Crippen LogP contribution in [0.5, 0.6) is 11.6 Å². The van der Waals surface area contributed by atoms with Crippen LogP contribution in [-0.2, 0) is 6.61 Å². The Kier molecular flexibility index (Phi) is 3.96. The lowest BCUT2D eigenvalue weighted by Crippen LogP contribution is -2.00. The second kappa shape index (κ2) is 5.86. The Labute approximate surface area is 106 Å². The lowest BCUT2D eigenvalue weighted by Gasteiger charge is -2.07. The van der Waals surface area contributed by atoms with Gasteiger partial charge in [0.25, 0.3) is 0 Å². The van der Waals surface area contributed by atoms with Gasteiger partial charge < -0.3 is 14.8 Å². The molecule has 0 aliphatic carbocycles. The first-order valence-corrected chi connectivity index (χ1v) is 5.57. The molecule has 1 N–H and O–H groups in total. The van der Waals surface area contributed by atoms with E-state index in [-0.39, 0.29) is 0 Å². The van der Waals surface area contributed by atoms with Gasteiger partial charge in [-0.25, -0.2) is 9.97 Å². The molecule has 0 radical (unpaired) electrons. The molecule has 0 fully saturated rings. The number of methoxy groups -OCH3 is 1. The number of rotatable bonds is 5. The van der Waals surface area contributed by atoms with E-state index in [9.17, 15) is 0 Å². The molecule has 0 saturated carbocycles. The lowest BCUT2D eigenvalue weighted by atomic mass is 10.2. The second-order valence-corrected chi connectivity index (χ2v) is 3.63. The summed E-state index contributed by atoms with van der Waals surface area (Å²) in [6.07, 6.45) is 1.47. The van der Waals surface area contributed by atoms with Gasteiger partial charge in [0.05, 0.1) is 7.11 Å². The maximum atomic E-state index is 5.59. The first kappa shape index (κ1) is 12.2. The molecule has 0 aliphatic rings. The molecule has 0 amide bonds. The van der Waals surface area contributed by atoms with Crippen molar-refractivity contribution < 1.29 is 9.47 Å². The molecule has 0 spiro atoms. The predicted octanol–water partition coefficient (Wildman–Crippen LogP) is 2.11. The van der Waals surface area contributed by atoms with Crippen molar-refractivity contribution in [1.29, 1.82) is 0 Å². The Morgan fingerprint density at radius 1 is 1.22 bits per heavy atom. The minimum absolute atomic E-state index is 0.442. The number of nitrogens with zero attached hydrogens (tertiary/aromatic N) is 2. The smallest absolute Gasteiger partial charge is 0.218 e. The van der Waals surface area contributed by atoms with Gasteiger partial charge in [-0.2, -0.15) is 0 Å². The molecule has 0 aliphatic heterocycles. The topological polar surface area (TPSA) is 56.3 Å².